The van der Waals surface area contributed by atoms with Gasteiger partial charge < -0.3 is 15.4 Å². The van der Waals surface area contributed by atoms with Gasteiger partial charge in [0.1, 0.15) is 11.6 Å². The quantitative estimate of drug-likeness (QED) is 0.590. The van der Waals surface area contributed by atoms with Crippen molar-refractivity contribution in [1.82, 2.24) is 10.6 Å². The fraction of sp³-hybridized carbons (Fsp3) is 0.409. The Morgan fingerprint density at radius 2 is 1.57 bits per heavy atom. The summed E-state index contributed by atoms with van der Waals surface area (Å²) in [7, 11) is 1.74. The zero-order valence-electron chi connectivity index (χ0n) is 16.2. The van der Waals surface area contributed by atoms with Crippen molar-refractivity contribution in [2.75, 3.05) is 33.4 Å². The Hall–Kier alpha value is -2.47. The van der Waals surface area contributed by atoms with Crippen LogP contribution in [-0.4, -0.2) is 39.3 Å². The number of nitrogens with zero attached hydrogens (tertiary/aromatic N) is 1. The third-order valence-corrected chi connectivity index (χ3v) is 5.34. The van der Waals surface area contributed by atoms with Gasteiger partial charge in [-0.25, -0.2) is 8.78 Å². The van der Waals surface area contributed by atoms with Gasteiger partial charge in [0, 0.05) is 38.8 Å². The molecule has 2 N–H and O–H groups in total. The maximum atomic E-state index is 13.4. The second kappa shape index (κ2) is 9.64. The molecule has 1 saturated heterocycles. The van der Waals surface area contributed by atoms with Crippen molar-refractivity contribution < 1.29 is 13.5 Å². The molecule has 1 fully saturated rings. The lowest BCUT2D eigenvalue weighted by Crippen LogP contribution is -2.48. The van der Waals surface area contributed by atoms with E-state index in [9.17, 15) is 8.78 Å². The van der Waals surface area contributed by atoms with Crippen LogP contribution in [0.4, 0.5) is 8.78 Å². The minimum Gasteiger partial charge on any atom is -0.381 e. The first kappa shape index (κ1) is 20.3. The van der Waals surface area contributed by atoms with E-state index in [4.69, 9.17) is 4.74 Å². The molecule has 28 heavy (non-hydrogen) atoms. The van der Waals surface area contributed by atoms with Crippen molar-refractivity contribution in [2.45, 2.75) is 24.7 Å². The summed E-state index contributed by atoms with van der Waals surface area (Å²) in [5, 5.41) is 6.72. The molecule has 1 aliphatic heterocycles. The SMILES string of the molecule is CN=C(NCCc1ccc(F)cc1)NCC1(c2ccc(F)cc2)CCOCC1. The van der Waals surface area contributed by atoms with E-state index >= 15 is 0 Å². The number of benzene rings is 2. The number of aliphatic imine (C=N–C) groups is 1. The van der Waals surface area contributed by atoms with E-state index in [2.05, 4.69) is 15.6 Å². The Balaban J connectivity index is 1.58. The van der Waals surface area contributed by atoms with Crippen molar-refractivity contribution in [3.63, 3.8) is 0 Å². The monoisotopic (exact) mass is 387 g/mol. The zero-order valence-corrected chi connectivity index (χ0v) is 16.2. The number of hydrogen-bond acceptors (Lipinski definition) is 2. The number of ether oxygens (including phenoxy) is 1. The molecule has 0 aromatic heterocycles. The summed E-state index contributed by atoms with van der Waals surface area (Å²) < 4.78 is 31.9. The highest BCUT2D eigenvalue weighted by molar-refractivity contribution is 5.79. The van der Waals surface area contributed by atoms with Crippen molar-refractivity contribution >= 4 is 5.96 Å². The molecule has 0 bridgehead atoms. The number of rotatable bonds is 6. The van der Waals surface area contributed by atoms with Gasteiger partial charge in [-0.1, -0.05) is 24.3 Å². The normalized spacial score (nSPS) is 16.6. The van der Waals surface area contributed by atoms with E-state index in [1.165, 1.54) is 24.3 Å². The fourth-order valence-corrected chi connectivity index (χ4v) is 3.58. The van der Waals surface area contributed by atoms with Gasteiger partial charge in [-0.05, 0) is 54.7 Å². The summed E-state index contributed by atoms with van der Waals surface area (Å²) >= 11 is 0. The average molecular weight is 387 g/mol. The molecule has 2 aromatic carbocycles. The third-order valence-electron chi connectivity index (χ3n) is 5.34. The molecule has 1 heterocycles. The topological polar surface area (TPSA) is 45.7 Å². The second-order valence-corrected chi connectivity index (χ2v) is 7.13. The summed E-state index contributed by atoms with van der Waals surface area (Å²) in [4.78, 5) is 4.30. The highest BCUT2D eigenvalue weighted by Crippen LogP contribution is 2.34. The van der Waals surface area contributed by atoms with Crippen molar-refractivity contribution in [2.24, 2.45) is 4.99 Å². The average Bonchev–Trinajstić information content (AvgIpc) is 2.73. The molecule has 150 valence electrons. The molecule has 2 aromatic rings. The van der Waals surface area contributed by atoms with Gasteiger partial charge in [0.15, 0.2) is 5.96 Å². The smallest absolute Gasteiger partial charge is 0.191 e. The van der Waals surface area contributed by atoms with Crippen LogP contribution in [0.25, 0.3) is 0 Å². The van der Waals surface area contributed by atoms with Crippen LogP contribution in [0.2, 0.25) is 0 Å². The van der Waals surface area contributed by atoms with Gasteiger partial charge in [0.25, 0.3) is 0 Å². The summed E-state index contributed by atoms with van der Waals surface area (Å²) in [6.45, 7) is 2.77. The molecule has 1 aliphatic rings. The maximum Gasteiger partial charge on any atom is 0.191 e. The standard InChI is InChI=1S/C22H27F2N3O/c1-25-21(26-13-10-17-2-6-19(23)7-3-17)27-16-22(11-14-28-15-12-22)18-4-8-20(24)9-5-18/h2-9H,10-16H2,1H3,(H2,25,26,27). The molecule has 3 rings (SSSR count). The van der Waals surface area contributed by atoms with E-state index in [-0.39, 0.29) is 17.0 Å². The third kappa shape index (κ3) is 5.29. The predicted octanol–water partition coefficient (Wildman–Crippen LogP) is 3.42. The van der Waals surface area contributed by atoms with Crippen molar-refractivity contribution in [1.29, 1.82) is 0 Å². The van der Waals surface area contributed by atoms with Gasteiger partial charge in [0.05, 0.1) is 0 Å². The maximum absolute atomic E-state index is 13.4. The van der Waals surface area contributed by atoms with E-state index in [1.807, 2.05) is 12.1 Å². The van der Waals surface area contributed by atoms with Gasteiger partial charge in [-0.3, -0.25) is 4.99 Å². The summed E-state index contributed by atoms with van der Waals surface area (Å²) in [6.07, 6.45) is 2.52. The van der Waals surface area contributed by atoms with Crippen LogP contribution < -0.4 is 10.6 Å². The number of nitrogens with one attached hydrogen (secondary N) is 2. The van der Waals surface area contributed by atoms with Crippen LogP contribution in [-0.2, 0) is 16.6 Å². The van der Waals surface area contributed by atoms with Gasteiger partial charge in [-0.15, -0.1) is 0 Å². The van der Waals surface area contributed by atoms with E-state index in [1.54, 1.807) is 19.2 Å². The lowest BCUT2D eigenvalue weighted by Gasteiger charge is -2.38. The van der Waals surface area contributed by atoms with Crippen molar-refractivity contribution in [3.05, 3.63) is 71.3 Å². The number of halogens is 2. The molecule has 6 heteroatoms. The minimum absolute atomic E-state index is 0.111. The molecule has 0 saturated carbocycles. The van der Waals surface area contributed by atoms with Crippen LogP contribution in [0.1, 0.15) is 24.0 Å². The molecule has 0 atom stereocenters. The predicted molar refractivity (Wildman–Crippen MR) is 108 cm³/mol. The van der Waals surface area contributed by atoms with Crippen LogP contribution in [0.5, 0.6) is 0 Å². The zero-order chi connectivity index (χ0) is 19.8. The summed E-state index contributed by atoms with van der Waals surface area (Å²) in [5.74, 6) is 0.268. The van der Waals surface area contributed by atoms with Crippen LogP contribution in [0.3, 0.4) is 0 Å². The number of hydrogen-bond donors (Lipinski definition) is 2. The molecule has 0 radical (unpaired) electrons. The molecule has 0 amide bonds. The van der Waals surface area contributed by atoms with E-state index < -0.39 is 0 Å². The highest BCUT2D eigenvalue weighted by Gasteiger charge is 2.34. The first-order valence-electron chi connectivity index (χ1n) is 9.64. The Kier molecular flexibility index (Phi) is 6.98. The summed E-state index contributed by atoms with van der Waals surface area (Å²) in [5.41, 5.74) is 2.07. The molecular weight excluding hydrogens is 360 g/mol. The lowest BCUT2D eigenvalue weighted by atomic mass is 9.74. The number of guanidine groups is 1. The first-order chi connectivity index (χ1) is 13.6. The van der Waals surface area contributed by atoms with Crippen LogP contribution in [0.15, 0.2) is 53.5 Å². The second-order valence-electron chi connectivity index (χ2n) is 7.13. The van der Waals surface area contributed by atoms with Crippen LogP contribution >= 0.6 is 0 Å². The molecule has 4 nitrogen and oxygen atoms in total. The first-order valence-corrected chi connectivity index (χ1v) is 9.64. The molecular formula is C22H27F2N3O. The van der Waals surface area contributed by atoms with E-state index in [0.717, 1.165) is 36.3 Å². The van der Waals surface area contributed by atoms with Crippen molar-refractivity contribution in [3.8, 4) is 0 Å². The highest BCUT2D eigenvalue weighted by atomic mass is 19.1. The van der Waals surface area contributed by atoms with Gasteiger partial charge in [0.2, 0.25) is 0 Å². The van der Waals surface area contributed by atoms with E-state index in [0.29, 0.717) is 26.3 Å². The Bertz CT molecular complexity index is 769. The Morgan fingerprint density at radius 1 is 0.964 bits per heavy atom. The fourth-order valence-electron chi connectivity index (χ4n) is 3.58. The van der Waals surface area contributed by atoms with Gasteiger partial charge >= 0.3 is 0 Å². The van der Waals surface area contributed by atoms with Gasteiger partial charge in [-0.2, -0.15) is 0 Å². The largest absolute Gasteiger partial charge is 0.381 e. The minimum atomic E-state index is -0.225. The Labute approximate surface area is 165 Å². The molecule has 0 unspecified atom stereocenters. The Morgan fingerprint density at radius 3 is 2.18 bits per heavy atom. The van der Waals surface area contributed by atoms with Crippen LogP contribution in [0, 0.1) is 11.6 Å². The lowest BCUT2D eigenvalue weighted by molar-refractivity contribution is 0.0513. The molecule has 0 spiro atoms. The summed E-state index contributed by atoms with van der Waals surface area (Å²) in [6, 6.07) is 13.3. The molecule has 0 aliphatic carbocycles.